The van der Waals surface area contributed by atoms with Crippen LogP contribution >= 0.6 is 23.2 Å². The third-order valence-corrected chi connectivity index (χ3v) is 3.57. The average molecular weight is 306 g/mol. The first-order valence-corrected chi connectivity index (χ1v) is 7.00. The number of nitrogens with two attached hydrogens (primary N) is 1. The van der Waals surface area contributed by atoms with Crippen molar-refractivity contribution >= 4 is 34.6 Å². The molecule has 20 heavy (non-hydrogen) atoms. The Kier molecular flexibility index (Phi) is 4.54. The zero-order valence-corrected chi connectivity index (χ0v) is 12.8. The Morgan fingerprint density at radius 1 is 1.15 bits per heavy atom. The molecule has 0 fully saturated rings. The normalized spacial score (nSPS) is 11.6. The van der Waals surface area contributed by atoms with E-state index in [1.165, 1.54) is 0 Å². The van der Waals surface area contributed by atoms with Gasteiger partial charge in [-0.15, -0.1) is 0 Å². The lowest BCUT2D eigenvalue weighted by atomic mass is 9.97. The van der Waals surface area contributed by atoms with Crippen LogP contribution in [0.15, 0.2) is 36.4 Å². The summed E-state index contributed by atoms with van der Waals surface area (Å²) in [6.45, 7) is 3.99. The van der Waals surface area contributed by atoms with Crippen molar-refractivity contribution in [3.63, 3.8) is 0 Å². The number of halogens is 2. The number of hydrogen-bond donors (Lipinski definition) is 1. The van der Waals surface area contributed by atoms with Crippen molar-refractivity contribution in [3.05, 3.63) is 62.4 Å². The monoisotopic (exact) mass is 305 g/mol. The van der Waals surface area contributed by atoms with Crippen LogP contribution in [0.25, 0.3) is 4.85 Å². The van der Waals surface area contributed by atoms with Gasteiger partial charge in [-0.3, -0.25) is 0 Å². The third kappa shape index (κ3) is 3.45. The Bertz CT molecular complexity index is 659. The van der Waals surface area contributed by atoms with Gasteiger partial charge in [0.1, 0.15) is 5.92 Å². The number of benzene rings is 2. The minimum absolute atomic E-state index is 0.0150. The molecular formula is C16H15Cl2N2+. The maximum atomic E-state index is 6.25. The van der Waals surface area contributed by atoms with Crippen molar-refractivity contribution in [2.75, 3.05) is 5.73 Å². The number of nitrogen functional groups attached to an aromatic ring is 1. The van der Waals surface area contributed by atoms with Crippen LogP contribution in [0, 0.1) is 13.0 Å². The Balaban J connectivity index is 2.29. The molecule has 2 nitrogen and oxygen atoms in total. The van der Waals surface area contributed by atoms with E-state index in [0.29, 0.717) is 15.7 Å². The molecular weight excluding hydrogens is 291 g/mol. The number of rotatable bonds is 1. The number of aryl methyl sites for hydroxylation is 1. The van der Waals surface area contributed by atoms with Gasteiger partial charge in [-0.2, -0.15) is 0 Å². The van der Waals surface area contributed by atoms with Crippen LogP contribution in [0.3, 0.4) is 0 Å². The maximum absolute atomic E-state index is 6.25. The zero-order chi connectivity index (χ0) is 14.7. The zero-order valence-electron chi connectivity index (χ0n) is 11.3. The molecule has 102 valence electrons. The molecule has 2 N–H and O–H groups in total. The first-order valence-electron chi connectivity index (χ1n) is 6.24. The molecule has 4 heteroatoms. The van der Waals surface area contributed by atoms with Gasteiger partial charge in [0, 0.05) is 27.9 Å². The Labute approximate surface area is 128 Å². The van der Waals surface area contributed by atoms with Gasteiger partial charge in [0.2, 0.25) is 0 Å². The smallest absolute Gasteiger partial charge is 0.340 e. The lowest BCUT2D eigenvalue weighted by Gasteiger charge is -2.09. The fourth-order valence-electron chi connectivity index (χ4n) is 2.08. The van der Waals surface area contributed by atoms with Crippen LogP contribution in [0.2, 0.25) is 10.0 Å². The predicted octanol–water partition coefficient (Wildman–Crippen LogP) is 5.65. The fourth-order valence-corrected chi connectivity index (χ4v) is 2.65. The summed E-state index contributed by atoms with van der Waals surface area (Å²) in [5, 5.41) is 1.34. The summed E-state index contributed by atoms with van der Waals surface area (Å²) >= 11 is 12.1. The van der Waals surface area contributed by atoms with Gasteiger partial charge >= 0.3 is 5.69 Å². The molecule has 1 unspecified atom stereocenters. The topological polar surface area (TPSA) is 30.4 Å². The molecule has 2 aromatic rings. The van der Waals surface area contributed by atoms with Gasteiger partial charge in [-0.25, -0.2) is 0 Å². The highest BCUT2D eigenvalue weighted by Crippen LogP contribution is 2.30. The van der Waals surface area contributed by atoms with Gasteiger partial charge in [0.15, 0.2) is 0 Å². The van der Waals surface area contributed by atoms with Crippen LogP contribution in [0.4, 0.5) is 11.4 Å². The summed E-state index contributed by atoms with van der Waals surface area (Å²) < 4.78 is 0. The highest BCUT2D eigenvalue weighted by Gasteiger charge is 2.16. The van der Waals surface area contributed by atoms with Gasteiger partial charge < -0.3 is 5.73 Å². The molecule has 0 aliphatic rings. The fraction of sp³-hybridized carbons (Fsp3) is 0.188. The first-order chi connectivity index (χ1) is 9.47. The number of hydrogen-bond acceptors (Lipinski definition) is 1. The highest BCUT2D eigenvalue weighted by molar-refractivity contribution is 6.32. The molecule has 0 aliphatic carbocycles. The standard InChI is InChI=1S/C16H15Cl2N2/c1-10-7-13(19)8-15(18)16(10)11(2)9-20-14-5-3-12(17)4-6-14/h3-8,11H,19H2,1-2H3/q+1. The molecule has 0 radical (unpaired) electrons. The molecule has 0 saturated carbocycles. The summed E-state index contributed by atoms with van der Waals surface area (Å²) in [5.41, 5.74) is 9.28. The van der Waals surface area contributed by atoms with Crippen molar-refractivity contribution in [2.24, 2.45) is 0 Å². The summed E-state index contributed by atoms with van der Waals surface area (Å²) in [4.78, 5) is 4.33. The van der Waals surface area contributed by atoms with E-state index in [4.69, 9.17) is 28.9 Å². The predicted molar refractivity (Wildman–Crippen MR) is 87.4 cm³/mol. The van der Waals surface area contributed by atoms with E-state index in [0.717, 1.165) is 16.8 Å². The molecule has 0 amide bonds. The van der Waals surface area contributed by atoms with E-state index in [9.17, 15) is 0 Å². The van der Waals surface area contributed by atoms with Gasteiger partial charge in [0.05, 0.1) is 0 Å². The summed E-state index contributed by atoms with van der Waals surface area (Å²) in [5.74, 6) is -0.0150. The second-order valence-corrected chi connectivity index (χ2v) is 5.52. The maximum Gasteiger partial charge on any atom is 0.340 e. The average Bonchev–Trinajstić information content (AvgIpc) is 2.37. The Morgan fingerprint density at radius 3 is 2.40 bits per heavy atom. The van der Waals surface area contributed by atoms with E-state index in [-0.39, 0.29) is 5.92 Å². The van der Waals surface area contributed by atoms with Gasteiger partial charge in [0.25, 0.3) is 6.07 Å². The summed E-state index contributed by atoms with van der Waals surface area (Å²) in [6.07, 6.45) is 0. The van der Waals surface area contributed by atoms with E-state index in [1.54, 1.807) is 18.2 Å². The Hall–Kier alpha value is -1.69. The molecule has 0 spiro atoms. The molecule has 0 saturated heterocycles. The van der Waals surface area contributed by atoms with Crippen LogP contribution in [0.5, 0.6) is 0 Å². The van der Waals surface area contributed by atoms with Crippen molar-refractivity contribution in [1.82, 2.24) is 0 Å². The lowest BCUT2D eigenvalue weighted by molar-refractivity contribution is 0.986. The molecule has 2 aromatic carbocycles. The van der Waals surface area contributed by atoms with E-state index < -0.39 is 0 Å². The van der Waals surface area contributed by atoms with Crippen LogP contribution in [0.1, 0.15) is 24.0 Å². The Morgan fingerprint density at radius 2 is 1.80 bits per heavy atom. The van der Waals surface area contributed by atoms with Crippen LogP contribution in [-0.2, 0) is 0 Å². The lowest BCUT2D eigenvalue weighted by Crippen LogP contribution is -1.97. The minimum Gasteiger partial charge on any atom is -0.399 e. The van der Waals surface area contributed by atoms with E-state index >= 15 is 0 Å². The van der Waals surface area contributed by atoms with Crippen molar-refractivity contribution < 1.29 is 0 Å². The van der Waals surface area contributed by atoms with Gasteiger partial charge in [-0.1, -0.05) is 23.2 Å². The van der Waals surface area contributed by atoms with E-state index in [2.05, 4.69) is 10.9 Å². The number of nitrogens with zero attached hydrogens (tertiary/aromatic N) is 1. The van der Waals surface area contributed by atoms with Crippen molar-refractivity contribution in [2.45, 2.75) is 19.8 Å². The minimum atomic E-state index is -0.0150. The van der Waals surface area contributed by atoms with E-state index in [1.807, 2.05) is 32.0 Å². The van der Waals surface area contributed by atoms with Crippen LogP contribution < -0.4 is 5.73 Å². The molecule has 0 heterocycles. The third-order valence-electron chi connectivity index (χ3n) is 3.01. The van der Waals surface area contributed by atoms with Crippen molar-refractivity contribution in [1.29, 1.82) is 0 Å². The molecule has 0 bridgehead atoms. The largest absolute Gasteiger partial charge is 0.399 e. The molecule has 0 aliphatic heterocycles. The summed E-state index contributed by atoms with van der Waals surface area (Å²) in [7, 11) is 0. The number of anilines is 1. The second kappa shape index (κ2) is 6.17. The molecule has 1 atom stereocenters. The SMILES string of the molecule is Cc1cc(N)cc(Cl)c1C(C)C#[N+]c1ccc(Cl)cc1. The quantitative estimate of drug-likeness (QED) is 0.678. The van der Waals surface area contributed by atoms with Crippen molar-refractivity contribution in [3.8, 4) is 6.07 Å². The first kappa shape index (κ1) is 14.7. The highest BCUT2D eigenvalue weighted by atomic mass is 35.5. The second-order valence-electron chi connectivity index (χ2n) is 4.67. The molecule has 0 aromatic heterocycles. The van der Waals surface area contributed by atoms with Crippen LogP contribution in [-0.4, -0.2) is 0 Å². The summed E-state index contributed by atoms with van der Waals surface area (Å²) in [6, 6.07) is 14.0. The van der Waals surface area contributed by atoms with Gasteiger partial charge in [-0.05, 0) is 54.1 Å². The molecule has 2 rings (SSSR count).